The number of carboxylic acids is 1. The lowest BCUT2D eigenvalue weighted by Crippen LogP contribution is -2.73. The fourth-order valence-corrected chi connectivity index (χ4v) is 7.05. The first-order valence-corrected chi connectivity index (χ1v) is 15.2. The number of carboxylic acid groups (broad SMARTS) is 1. The van der Waals surface area contributed by atoms with Crippen molar-refractivity contribution in [3.05, 3.63) is 46.1 Å². The number of nitrogens with one attached hydrogen (secondary N) is 1. The highest BCUT2D eigenvalue weighted by molar-refractivity contribution is 8.06. The molecule has 2 aromatic rings. The minimum absolute atomic E-state index is 0.0634. The van der Waals surface area contributed by atoms with Gasteiger partial charge in [0, 0.05) is 39.7 Å². The molecule has 4 rings (SSSR count). The van der Waals surface area contributed by atoms with Gasteiger partial charge in [-0.05, 0) is 6.07 Å². The van der Waals surface area contributed by atoms with Gasteiger partial charge in [0.05, 0.1) is 17.7 Å². The third-order valence-electron chi connectivity index (χ3n) is 5.55. The van der Waals surface area contributed by atoms with Crippen molar-refractivity contribution in [1.29, 1.82) is 0 Å². The first-order valence-electron chi connectivity index (χ1n) is 11.3. The van der Waals surface area contributed by atoms with Crippen molar-refractivity contribution in [3.63, 3.8) is 0 Å². The zero-order valence-electron chi connectivity index (χ0n) is 20.2. The first kappa shape index (κ1) is 29.1. The number of rotatable bonds is 12. The van der Waals surface area contributed by atoms with E-state index in [0.717, 1.165) is 21.3 Å². The standard InChI is InChI=1S/C22H22F2N6O5S4/c1-29-5-3-2-4-14(29)38-10-13-17(20(33)34)30-12(9-37-13)16(19(30)32)27-18(31)15(11-8-39-22(25)26-11)28-35-6-7-36-21(23)24/h2-5,8,12,16,21H,6-7,9-10H2,1H3,(H3-,25,26,27,31,33,34). The van der Waals surface area contributed by atoms with E-state index < -0.39 is 35.6 Å². The van der Waals surface area contributed by atoms with E-state index in [1.165, 1.54) is 28.9 Å². The van der Waals surface area contributed by atoms with Crippen molar-refractivity contribution in [1.82, 2.24) is 15.2 Å². The Labute approximate surface area is 238 Å². The number of aromatic nitrogens is 2. The smallest absolute Gasteiger partial charge is 0.284 e. The summed E-state index contributed by atoms with van der Waals surface area (Å²) in [5.41, 5.74) is 5.25. The van der Waals surface area contributed by atoms with Crippen LogP contribution in [0.5, 0.6) is 0 Å². The van der Waals surface area contributed by atoms with Gasteiger partial charge in [0.1, 0.15) is 25.4 Å². The van der Waals surface area contributed by atoms with Gasteiger partial charge in [0.2, 0.25) is 5.03 Å². The van der Waals surface area contributed by atoms with Gasteiger partial charge in [0.15, 0.2) is 17.0 Å². The SMILES string of the molecule is C[n+]1ccccc1SCC1=C(C(=O)[O-])N2C(=O)C(NC(=O)C(=NOCCSC(F)F)c3csc(N)n3)C2CS1. The maximum absolute atomic E-state index is 13.1. The second-order valence-electron chi connectivity index (χ2n) is 8.01. The lowest BCUT2D eigenvalue weighted by Gasteiger charge is -2.51. The number of halogens is 2. The molecule has 0 radical (unpaired) electrons. The Bertz CT molecular complexity index is 1320. The monoisotopic (exact) mass is 616 g/mol. The van der Waals surface area contributed by atoms with Gasteiger partial charge in [-0.3, -0.25) is 9.59 Å². The van der Waals surface area contributed by atoms with E-state index in [2.05, 4.69) is 15.5 Å². The van der Waals surface area contributed by atoms with E-state index >= 15 is 0 Å². The summed E-state index contributed by atoms with van der Waals surface area (Å²) in [5.74, 6) is -4.85. The molecule has 39 heavy (non-hydrogen) atoms. The molecule has 2 aliphatic heterocycles. The molecule has 1 fully saturated rings. The highest BCUT2D eigenvalue weighted by Gasteiger charge is 2.52. The van der Waals surface area contributed by atoms with Crippen molar-refractivity contribution in [2.24, 2.45) is 12.2 Å². The van der Waals surface area contributed by atoms with Gasteiger partial charge < -0.3 is 30.7 Å². The summed E-state index contributed by atoms with van der Waals surface area (Å²) in [4.78, 5) is 48.8. The van der Waals surface area contributed by atoms with Crippen LogP contribution in [0.1, 0.15) is 5.69 Å². The van der Waals surface area contributed by atoms with Crippen LogP contribution in [0.4, 0.5) is 13.9 Å². The van der Waals surface area contributed by atoms with Gasteiger partial charge in [-0.1, -0.05) is 28.7 Å². The highest BCUT2D eigenvalue weighted by atomic mass is 32.2. The lowest BCUT2D eigenvalue weighted by molar-refractivity contribution is -0.708. The number of hydrogen-bond donors (Lipinski definition) is 2. The molecule has 0 aliphatic carbocycles. The number of thiazole rings is 1. The lowest BCUT2D eigenvalue weighted by atomic mass is 9.94. The van der Waals surface area contributed by atoms with E-state index in [0.29, 0.717) is 28.2 Å². The Balaban J connectivity index is 1.46. The number of aliphatic carboxylic acids is 1. The molecule has 2 atom stereocenters. The summed E-state index contributed by atoms with van der Waals surface area (Å²) in [6.45, 7) is -0.192. The third kappa shape index (κ3) is 6.82. The predicted molar refractivity (Wildman–Crippen MR) is 143 cm³/mol. The van der Waals surface area contributed by atoms with Crippen LogP contribution >= 0.6 is 46.6 Å². The minimum atomic E-state index is -2.57. The Morgan fingerprint density at radius 1 is 1.44 bits per heavy atom. The summed E-state index contributed by atoms with van der Waals surface area (Å²) in [6, 6.07) is 4.01. The number of oxime groups is 1. The summed E-state index contributed by atoms with van der Waals surface area (Å²) < 4.78 is 26.5. The molecule has 0 spiro atoms. The van der Waals surface area contributed by atoms with Crippen molar-refractivity contribution in [2.75, 3.05) is 29.6 Å². The fourth-order valence-electron chi connectivity index (χ4n) is 3.75. The van der Waals surface area contributed by atoms with Crippen LogP contribution in [0.3, 0.4) is 0 Å². The maximum Gasteiger partial charge on any atom is 0.284 e. The quantitative estimate of drug-likeness (QED) is 0.0857. The molecule has 0 saturated carbocycles. The van der Waals surface area contributed by atoms with Gasteiger partial charge in [-0.15, -0.1) is 23.1 Å². The summed E-state index contributed by atoms with van der Waals surface area (Å²) in [7, 11) is 1.87. The normalized spacial score (nSPS) is 19.1. The van der Waals surface area contributed by atoms with Gasteiger partial charge in [0.25, 0.3) is 17.6 Å². The molecule has 2 aromatic heterocycles. The number of anilines is 1. The number of aryl methyl sites for hydroxylation is 1. The third-order valence-corrected chi connectivity index (χ3v) is 9.40. The van der Waals surface area contributed by atoms with Gasteiger partial charge >= 0.3 is 0 Å². The molecule has 0 aromatic carbocycles. The van der Waals surface area contributed by atoms with Crippen LogP contribution in [0.15, 0.2) is 50.6 Å². The molecule has 2 aliphatic rings. The Morgan fingerprint density at radius 3 is 2.90 bits per heavy atom. The topological polar surface area (TPSA) is 154 Å². The Kier molecular flexibility index (Phi) is 9.68. The summed E-state index contributed by atoms with van der Waals surface area (Å²) in [6.07, 6.45) is 1.87. The van der Waals surface area contributed by atoms with Crippen molar-refractivity contribution >= 4 is 75.2 Å². The van der Waals surface area contributed by atoms with Crippen LogP contribution in [-0.4, -0.2) is 75.1 Å². The second-order valence-corrected chi connectivity index (χ2v) is 12.1. The van der Waals surface area contributed by atoms with E-state index in [1.54, 1.807) is 0 Å². The van der Waals surface area contributed by atoms with Crippen LogP contribution in [0.25, 0.3) is 0 Å². The number of thioether (sulfide) groups is 3. The van der Waals surface area contributed by atoms with Crippen LogP contribution in [-0.2, 0) is 26.3 Å². The average Bonchev–Trinajstić information content (AvgIpc) is 3.33. The Morgan fingerprint density at radius 2 is 2.23 bits per heavy atom. The van der Waals surface area contributed by atoms with Crippen molar-refractivity contribution in [2.45, 2.75) is 22.9 Å². The van der Waals surface area contributed by atoms with Crippen molar-refractivity contribution in [3.8, 4) is 0 Å². The van der Waals surface area contributed by atoms with Crippen molar-refractivity contribution < 1.29 is 37.7 Å². The molecule has 208 valence electrons. The van der Waals surface area contributed by atoms with E-state index in [4.69, 9.17) is 10.6 Å². The molecule has 0 bridgehead atoms. The number of β-lactam (4-membered cyclic amide) rings is 1. The number of carbonyl (C=O) groups is 3. The van der Waals surface area contributed by atoms with Gasteiger partial charge in [-0.25, -0.2) is 4.98 Å². The molecule has 2 amide bonds. The minimum Gasteiger partial charge on any atom is -0.543 e. The number of alkyl halides is 2. The molecular formula is C22H22F2N6O5S4. The molecule has 2 unspecified atom stereocenters. The summed E-state index contributed by atoms with van der Waals surface area (Å²) >= 11 is 4.12. The number of amides is 2. The first-order chi connectivity index (χ1) is 18.7. The molecule has 1 saturated heterocycles. The van der Waals surface area contributed by atoms with Crippen LogP contribution in [0.2, 0.25) is 0 Å². The molecule has 4 heterocycles. The predicted octanol–water partition coefficient (Wildman–Crippen LogP) is 0.423. The molecular weight excluding hydrogens is 595 g/mol. The molecule has 11 nitrogen and oxygen atoms in total. The number of pyridine rings is 1. The zero-order valence-corrected chi connectivity index (χ0v) is 23.5. The van der Waals surface area contributed by atoms with E-state index in [1.807, 2.05) is 36.0 Å². The number of nitrogens with two attached hydrogens (primary N) is 1. The van der Waals surface area contributed by atoms with Crippen LogP contribution < -0.4 is 20.7 Å². The number of nitrogen functional groups attached to an aromatic ring is 1. The fraction of sp³-hybridized carbons (Fsp3) is 0.364. The second kappa shape index (κ2) is 13.0. The average molecular weight is 617 g/mol. The number of hydrogen-bond acceptors (Lipinski definition) is 12. The zero-order chi connectivity index (χ0) is 28.1. The van der Waals surface area contributed by atoms with Crippen LogP contribution in [0, 0.1) is 0 Å². The largest absolute Gasteiger partial charge is 0.543 e. The highest BCUT2D eigenvalue weighted by Crippen LogP contribution is 2.40. The Hall–Kier alpha value is -2.89. The summed E-state index contributed by atoms with van der Waals surface area (Å²) in [5, 5.41) is 20.9. The molecule has 3 N–H and O–H groups in total. The number of nitrogens with zero attached hydrogens (tertiary/aromatic N) is 4. The number of carbonyl (C=O) groups excluding carboxylic acids is 3. The molecule has 17 heteroatoms. The maximum atomic E-state index is 13.1. The van der Waals surface area contributed by atoms with E-state index in [9.17, 15) is 28.3 Å². The van der Waals surface area contributed by atoms with E-state index in [-0.39, 0.29) is 34.6 Å². The van der Waals surface area contributed by atoms with Gasteiger partial charge in [-0.2, -0.15) is 13.3 Å². The number of fused-ring (bicyclic) bond motifs is 1.